The van der Waals surface area contributed by atoms with Gasteiger partial charge in [-0.15, -0.1) is 0 Å². The number of hydrogen-bond donors (Lipinski definition) is 0. The Hall–Kier alpha value is -0.773. The summed E-state index contributed by atoms with van der Waals surface area (Å²) in [5.74, 6) is 0.0733. The molecule has 0 unspecified atom stereocenters. The standard InChI is InChI=1S/C13H8As2O/c14-11-8-4-7-10(12(11)15)13(16)9-5-2-1-3-6-9/h1-8H. The normalized spacial score (nSPS) is 10.1. The zero-order valence-corrected chi connectivity index (χ0v) is 12.2. The predicted molar refractivity (Wildman–Crippen MR) is 67.1 cm³/mol. The van der Waals surface area contributed by atoms with Gasteiger partial charge in [-0.1, -0.05) is 0 Å². The minimum absolute atomic E-state index is 0.0733. The topological polar surface area (TPSA) is 17.1 Å². The molecule has 0 aliphatic rings. The molecule has 0 aromatic heterocycles. The molecule has 0 N–H and O–H groups in total. The van der Waals surface area contributed by atoms with Crippen LogP contribution in [0.3, 0.4) is 0 Å². The summed E-state index contributed by atoms with van der Waals surface area (Å²) in [6.45, 7) is 0. The van der Waals surface area contributed by atoms with E-state index >= 15 is 0 Å². The molecule has 2 aromatic carbocycles. The van der Waals surface area contributed by atoms with Crippen LogP contribution in [0.4, 0.5) is 0 Å². The van der Waals surface area contributed by atoms with Crippen molar-refractivity contribution in [1.29, 1.82) is 0 Å². The van der Waals surface area contributed by atoms with Crippen LogP contribution in [0.15, 0.2) is 48.5 Å². The van der Waals surface area contributed by atoms with Crippen LogP contribution in [0.1, 0.15) is 15.9 Å². The number of ketones is 1. The Bertz CT molecular complexity index is 521. The van der Waals surface area contributed by atoms with Gasteiger partial charge in [-0.3, -0.25) is 0 Å². The molecular weight excluding hydrogens is 322 g/mol. The number of rotatable bonds is 2. The summed E-state index contributed by atoms with van der Waals surface area (Å²) in [6.07, 6.45) is 0. The van der Waals surface area contributed by atoms with Crippen LogP contribution in [0.25, 0.3) is 0 Å². The number of benzene rings is 2. The van der Waals surface area contributed by atoms with Crippen molar-refractivity contribution >= 4 is 48.2 Å². The molecule has 16 heavy (non-hydrogen) atoms. The van der Waals surface area contributed by atoms with Crippen molar-refractivity contribution in [1.82, 2.24) is 0 Å². The van der Waals surface area contributed by atoms with Gasteiger partial charge in [0.2, 0.25) is 0 Å². The third-order valence-corrected chi connectivity index (χ3v) is 4.92. The zero-order chi connectivity index (χ0) is 11.5. The second-order valence-corrected chi connectivity index (χ2v) is 5.32. The van der Waals surface area contributed by atoms with Crippen molar-refractivity contribution in [2.24, 2.45) is 0 Å². The minimum atomic E-state index is 0.0733. The first-order valence-electron chi connectivity index (χ1n) is 4.81. The molecule has 0 bridgehead atoms. The van der Waals surface area contributed by atoms with Crippen molar-refractivity contribution in [2.75, 3.05) is 0 Å². The number of carbonyl (C=O) groups is 1. The number of carbonyl (C=O) groups excluding carboxylic acids is 1. The average Bonchev–Trinajstić information content (AvgIpc) is 2.33. The monoisotopic (exact) mass is 330 g/mol. The van der Waals surface area contributed by atoms with E-state index in [0.717, 1.165) is 19.8 Å². The van der Waals surface area contributed by atoms with E-state index in [9.17, 15) is 4.79 Å². The van der Waals surface area contributed by atoms with Crippen molar-refractivity contribution < 1.29 is 4.79 Å². The Morgan fingerprint density at radius 3 is 2.25 bits per heavy atom. The quantitative estimate of drug-likeness (QED) is 0.579. The Kier molecular flexibility index (Phi) is 3.69. The van der Waals surface area contributed by atoms with Gasteiger partial charge in [-0.25, -0.2) is 0 Å². The average molecular weight is 330 g/mol. The van der Waals surface area contributed by atoms with Crippen LogP contribution in [0, 0.1) is 0 Å². The van der Waals surface area contributed by atoms with Gasteiger partial charge < -0.3 is 0 Å². The van der Waals surface area contributed by atoms with E-state index in [1.807, 2.05) is 48.5 Å². The van der Waals surface area contributed by atoms with E-state index in [1.165, 1.54) is 0 Å². The predicted octanol–water partition coefficient (Wildman–Crippen LogP) is 0.505. The maximum atomic E-state index is 12.2. The molecule has 0 heterocycles. The fourth-order valence-electron chi connectivity index (χ4n) is 1.46. The summed E-state index contributed by atoms with van der Waals surface area (Å²) < 4.78 is 2.04. The van der Waals surface area contributed by atoms with Crippen molar-refractivity contribution in [3.63, 3.8) is 0 Å². The van der Waals surface area contributed by atoms with Crippen LogP contribution in [0.2, 0.25) is 0 Å². The Morgan fingerprint density at radius 1 is 0.875 bits per heavy atom. The van der Waals surface area contributed by atoms with Gasteiger partial charge in [0.25, 0.3) is 0 Å². The van der Waals surface area contributed by atoms with Gasteiger partial charge in [0.15, 0.2) is 0 Å². The van der Waals surface area contributed by atoms with Crippen LogP contribution in [0.5, 0.6) is 0 Å². The third kappa shape index (κ3) is 2.31. The number of hydrogen-bond acceptors (Lipinski definition) is 1. The van der Waals surface area contributed by atoms with Crippen LogP contribution >= 0.6 is 0 Å². The second kappa shape index (κ2) is 5.04. The first-order valence-corrected chi connectivity index (χ1v) is 6.68. The molecule has 2 aromatic rings. The Morgan fingerprint density at radius 2 is 1.56 bits per heavy atom. The van der Waals surface area contributed by atoms with E-state index in [-0.39, 0.29) is 5.78 Å². The van der Waals surface area contributed by atoms with Crippen LogP contribution in [-0.2, 0) is 0 Å². The molecule has 2 rings (SSSR count). The molecule has 4 radical (unpaired) electrons. The first kappa shape index (κ1) is 11.7. The Labute approximate surface area is 112 Å². The second-order valence-electron chi connectivity index (χ2n) is 3.37. The van der Waals surface area contributed by atoms with Crippen LogP contribution in [-0.4, -0.2) is 39.5 Å². The summed E-state index contributed by atoms with van der Waals surface area (Å²) in [4.78, 5) is 12.2. The van der Waals surface area contributed by atoms with Gasteiger partial charge >= 0.3 is 113 Å². The molecule has 0 spiro atoms. The third-order valence-electron chi connectivity index (χ3n) is 2.30. The fourth-order valence-corrected chi connectivity index (χ4v) is 2.42. The van der Waals surface area contributed by atoms with Gasteiger partial charge in [0, 0.05) is 0 Å². The summed E-state index contributed by atoms with van der Waals surface area (Å²) in [5.41, 5.74) is 1.48. The molecule has 0 saturated heterocycles. The van der Waals surface area contributed by atoms with E-state index in [0.29, 0.717) is 0 Å². The van der Waals surface area contributed by atoms with Crippen LogP contribution < -0.4 is 8.70 Å². The molecule has 0 saturated carbocycles. The van der Waals surface area contributed by atoms with E-state index in [4.69, 9.17) is 0 Å². The molecular formula is C13H8As2O. The van der Waals surface area contributed by atoms with Crippen molar-refractivity contribution in [2.45, 2.75) is 0 Å². The maximum absolute atomic E-state index is 12.2. The SMILES string of the molecule is O=C(c1ccccc1)c1cccc([As])c1[As]. The van der Waals surface area contributed by atoms with E-state index in [1.54, 1.807) is 0 Å². The summed E-state index contributed by atoms with van der Waals surface area (Å²) >= 11 is 4.94. The first-order chi connectivity index (χ1) is 7.70. The van der Waals surface area contributed by atoms with Gasteiger partial charge in [-0.05, 0) is 0 Å². The molecule has 76 valence electrons. The van der Waals surface area contributed by atoms with Gasteiger partial charge in [0.05, 0.1) is 0 Å². The van der Waals surface area contributed by atoms with E-state index in [2.05, 4.69) is 33.7 Å². The molecule has 1 nitrogen and oxygen atoms in total. The Balaban J connectivity index is 2.46. The molecule has 3 heteroatoms. The molecule has 0 aliphatic heterocycles. The van der Waals surface area contributed by atoms with Gasteiger partial charge in [-0.2, -0.15) is 0 Å². The molecule has 0 fully saturated rings. The molecule has 0 aliphatic carbocycles. The molecule has 0 atom stereocenters. The van der Waals surface area contributed by atoms with E-state index < -0.39 is 0 Å². The summed E-state index contributed by atoms with van der Waals surface area (Å²) in [5, 5.41) is 0. The van der Waals surface area contributed by atoms with Crippen molar-refractivity contribution in [3.8, 4) is 0 Å². The summed E-state index contributed by atoms with van der Waals surface area (Å²) in [7, 11) is 0. The van der Waals surface area contributed by atoms with Gasteiger partial charge in [0.1, 0.15) is 0 Å². The summed E-state index contributed by atoms with van der Waals surface area (Å²) in [6, 6.07) is 15.1. The fraction of sp³-hybridized carbons (Fsp3) is 0. The zero-order valence-electron chi connectivity index (χ0n) is 8.42. The van der Waals surface area contributed by atoms with Crippen molar-refractivity contribution in [3.05, 3.63) is 59.7 Å². The molecule has 0 amide bonds.